The molecule has 1 saturated carbocycles. The van der Waals surface area contributed by atoms with Gasteiger partial charge in [-0.3, -0.25) is 25.0 Å². The number of hydrogen-bond acceptors (Lipinski definition) is 5. The van der Waals surface area contributed by atoms with Crippen LogP contribution < -0.4 is 5.22 Å². The first-order chi connectivity index (χ1) is 19.9. The van der Waals surface area contributed by atoms with Gasteiger partial charge in [0.2, 0.25) is 5.78 Å². The second kappa shape index (κ2) is 7.52. The van der Waals surface area contributed by atoms with Crippen LogP contribution in [0.2, 0.25) is 0 Å². The summed E-state index contributed by atoms with van der Waals surface area (Å²) in [4.78, 5) is 35.4. The van der Waals surface area contributed by atoms with E-state index in [4.69, 9.17) is 0 Å². The van der Waals surface area contributed by atoms with Gasteiger partial charge in [0, 0.05) is 17.9 Å². The molecular formula is C34H20N2O5. The van der Waals surface area contributed by atoms with Gasteiger partial charge in [-0.1, -0.05) is 78.4 Å². The normalized spacial score (nSPS) is 22.9. The van der Waals surface area contributed by atoms with E-state index in [2.05, 4.69) is 66.8 Å². The minimum Gasteiger partial charge on any atom is -0.286 e. The average Bonchev–Trinajstić information content (AvgIpc) is 2.97. The van der Waals surface area contributed by atoms with E-state index >= 15 is 0 Å². The van der Waals surface area contributed by atoms with Crippen LogP contribution >= 0.6 is 0 Å². The Hall–Kier alpha value is -5.17. The van der Waals surface area contributed by atoms with Gasteiger partial charge >= 0.3 is 11.4 Å². The monoisotopic (exact) mass is 536 g/mol. The fraction of sp³-hybridized carbons (Fsp3) is 0.147. The molecule has 3 unspecified atom stereocenters. The molecule has 7 nitrogen and oxygen atoms in total. The molecule has 9 rings (SSSR count). The van der Waals surface area contributed by atoms with E-state index in [-0.39, 0.29) is 11.8 Å². The number of ketones is 1. The molecule has 196 valence electrons. The van der Waals surface area contributed by atoms with E-state index < -0.39 is 32.9 Å². The molecule has 0 aliphatic heterocycles. The van der Waals surface area contributed by atoms with Crippen LogP contribution in [0.4, 0.5) is 0 Å². The highest BCUT2D eigenvalue weighted by molar-refractivity contribution is 6.20. The van der Waals surface area contributed by atoms with Crippen LogP contribution in [-0.4, -0.2) is 15.6 Å². The van der Waals surface area contributed by atoms with Crippen molar-refractivity contribution in [2.45, 2.75) is 18.8 Å². The lowest BCUT2D eigenvalue weighted by atomic mass is 9.58. The highest BCUT2D eigenvalue weighted by atomic mass is 16.6. The van der Waals surface area contributed by atoms with Crippen molar-refractivity contribution in [2.24, 2.45) is 11.8 Å². The third-order valence-corrected chi connectivity index (χ3v) is 9.79. The molecule has 0 radical (unpaired) electrons. The molecule has 7 heteroatoms. The van der Waals surface area contributed by atoms with Gasteiger partial charge in [0.15, 0.2) is 0 Å². The predicted molar refractivity (Wildman–Crippen MR) is 155 cm³/mol. The molecule has 0 aromatic heterocycles. The molecule has 3 atom stereocenters. The van der Waals surface area contributed by atoms with Crippen LogP contribution in [-0.2, 0) is 11.2 Å². The van der Waals surface area contributed by atoms with E-state index in [1.807, 2.05) is 6.08 Å². The molecular weight excluding hydrogens is 516 g/mol. The zero-order chi connectivity index (χ0) is 27.7. The van der Waals surface area contributed by atoms with Crippen molar-refractivity contribution in [3.8, 4) is 11.1 Å². The fourth-order valence-corrected chi connectivity index (χ4v) is 8.29. The maximum absolute atomic E-state index is 13.6. The molecule has 0 N–H and O–H groups in total. The van der Waals surface area contributed by atoms with Crippen LogP contribution in [0.15, 0.2) is 89.3 Å². The quantitative estimate of drug-likeness (QED) is 0.203. The summed E-state index contributed by atoms with van der Waals surface area (Å²) in [6.45, 7) is 0. The molecule has 5 aliphatic rings. The van der Waals surface area contributed by atoms with Crippen LogP contribution in [0.1, 0.15) is 34.6 Å². The van der Waals surface area contributed by atoms with Gasteiger partial charge in [0.1, 0.15) is 0 Å². The SMILES string of the molecule is O=C1C([N+](=O)[O-])=C([N+](=O)[O-])C=C2CC3=CC=c4c5c(c6ccc7c8c(ccc4c68)Cc4ccccc4-7)C=CC(C12)C35. The second-order valence-electron chi connectivity index (χ2n) is 11.6. The molecule has 4 aromatic carbocycles. The lowest BCUT2D eigenvalue weighted by Crippen LogP contribution is -2.42. The van der Waals surface area contributed by atoms with Crippen molar-refractivity contribution in [1.29, 1.82) is 0 Å². The third kappa shape index (κ3) is 2.70. The topological polar surface area (TPSA) is 103 Å². The Kier molecular flexibility index (Phi) is 4.15. The van der Waals surface area contributed by atoms with Crippen molar-refractivity contribution in [2.75, 3.05) is 0 Å². The Morgan fingerprint density at radius 3 is 2.41 bits per heavy atom. The number of fused-ring (bicyclic) bond motifs is 6. The van der Waals surface area contributed by atoms with E-state index in [9.17, 15) is 25.0 Å². The Morgan fingerprint density at radius 2 is 1.59 bits per heavy atom. The summed E-state index contributed by atoms with van der Waals surface area (Å²) in [5.41, 5.74) is 7.48. The van der Waals surface area contributed by atoms with Gasteiger partial charge in [-0.2, -0.15) is 0 Å². The number of benzene rings is 4. The molecule has 0 spiro atoms. The molecule has 41 heavy (non-hydrogen) atoms. The van der Waals surface area contributed by atoms with E-state index in [0.29, 0.717) is 12.0 Å². The maximum atomic E-state index is 13.6. The van der Waals surface area contributed by atoms with Crippen LogP contribution in [0.5, 0.6) is 0 Å². The molecule has 1 fully saturated rings. The molecule has 0 saturated heterocycles. The predicted octanol–water partition coefficient (Wildman–Crippen LogP) is 6.02. The minimum atomic E-state index is -0.913. The van der Waals surface area contributed by atoms with Crippen LogP contribution in [0, 0.1) is 32.1 Å². The van der Waals surface area contributed by atoms with Gasteiger partial charge in [-0.15, -0.1) is 0 Å². The second-order valence-corrected chi connectivity index (χ2v) is 11.6. The van der Waals surface area contributed by atoms with Gasteiger partial charge in [0.25, 0.3) is 0 Å². The number of hydrogen-bond donors (Lipinski definition) is 0. The number of rotatable bonds is 2. The summed E-state index contributed by atoms with van der Waals surface area (Å²) in [7, 11) is 0. The van der Waals surface area contributed by atoms with E-state index in [0.717, 1.165) is 28.3 Å². The van der Waals surface area contributed by atoms with Crippen LogP contribution in [0.3, 0.4) is 0 Å². The zero-order valence-corrected chi connectivity index (χ0v) is 21.6. The summed E-state index contributed by atoms with van der Waals surface area (Å²) in [5.74, 6) is -2.02. The number of nitro groups is 2. The first kappa shape index (κ1) is 22.6. The largest absolute Gasteiger partial charge is 0.389 e. The summed E-state index contributed by atoms with van der Waals surface area (Å²) in [6.07, 6.45) is 10.9. The van der Waals surface area contributed by atoms with Gasteiger partial charge in [-0.25, -0.2) is 0 Å². The van der Waals surface area contributed by atoms with Crippen molar-refractivity contribution in [3.63, 3.8) is 0 Å². The highest BCUT2D eigenvalue weighted by Crippen LogP contribution is 2.55. The van der Waals surface area contributed by atoms with E-state index in [1.54, 1.807) is 0 Å². The maximum Gasteiger partial charge on any atom is 0.389 e. The number of nitrogens with zero attached hydrogens (tertiary/aromatic N) is 2. The average molecular weight is 537 g/mol. The Balaban J connectivity index is 1.32. The first-order valence-corrected chi connectivity index (χ1v) is 13.7. The number of carbonyl (C=O) groups is 1. The lowest BCUT2D eigenvalue weighted by Gasteiger charge is -2.44. The van der Waals surface area contributed by atoms with Gasteiger partial charge in [-0.05, 0) is 78.6 Å². The third-order valence-electron chi connectivity index (χ3n) is 9.79. The number of Topliss-reactive ketones (excluding diaryl/α,β-unsaturated/α-hetero) is 1. The Morgan fingerprint density at radius 1 is 0.756 bits per heavy atom. The summed E-state index contributed by atoms with van der Waals surface area (Å²) in [5, 5.41) is 29.5. The smallest absolute Gasteiger partial charge is 0.286 e. The minimum absolute atomic E-state index is 0.123. The van der Waals surface area contributed by atoms with Crippen molar-refractivity contribution in [3.05, 3.63) is 137 Å². The lowest BCUT2D eigenvalue weighted by molar-refractivity contribution is -0.463. The number of carbonyl (C=O) groups excluding carboxylic acids is 1. The Bertz CT molecular complexity index is 2200. The standard InChI is InChI=1S/C34H20N2O5/c37-34-30-19(15-27(35(38)39)33(34)36(40)41)14-18-6-8-23-22-7-5-17-13-16-3-1-2-4-20(16)21-9-10-24(31(22)28(17)21)25-11-12-26(30)29(18)32(23)25/h1-12,15,26,29-30H,13-14H2. The molecule has 0 bridgehead atoms. The number of allylic oxidation sites excluding steroid dienone is 6. The van der Waals surface area contributed by atoms with Crippen LogP contribution in [0.25, 0.3) is 44.8 Å². The summed E-state index contributed by atoms with van der Waals surface area (Å²) in [6, 6.07) is 17.5. The van der Waals surface area contributed by atoms with Crippen molar-refractivity contribution in [1.82, 2.24) is 0 Å². The first-order valence-electron chi connectivity index (χ1n) is 13.7. The molecule has 0 amide bonds. The van der Waals surface area contributed by atoms with Gasteiger partial charge in [0.05, 0.1) is 15.8 Å². The molecule has 5 aliphatic carbocycles. The van der Waals surface area contributed by atoms with Crippen molar-refractivity contribution < 1.29 is 14.6 Å². The molecule has 0 heterocycles. The fourth-order valence-electron chi connectivity index (χ4n) is 8.29. The Labute approximate surface area is 232 Å². The van der Waals surface area contributed by atoms with Gasteiger partial charge < -0.3 is 0 Å². The highest BCUT2D eigenvalue weighted by Gasteiger charge is 2.53. The van der Waals surface area contributed by atoms with E-state index in [1.165, 1.54) is 49.9 Å². The zero-order valence-electron chi connectivity index (χ0n) is 21.6. The molecule has 4 aromatic rings. The summed E-state index contributed by atoms with van der Waals surface area (Å²) < 4.78 is 0. The summed E-state index contributed by atoms with van der Waals surface area (Å²) >= 11 is 0. The van der Waals surface area contributed by atoms with Crippen molar-refractivity contribution >= 4 is 39.5 Å².